The summed E-state index contributed by atoms with van der Waals surface area (Å²) < 4.78 is 30.2. The molecule has 0 saturated heterocycles. The molecule has 0 bridgehead atoms. The number of aryl methyl sites for hydroxylation is 3. The van der Waals surface area contributed by atoms with Gasteiger partial charge in [-0.15, -0.1) is 0 Å². The number of hydrogen-bond donors (Lipinski definition) is 2. The van der Waals surface area contributed by atoms with Crippen molar-refractivity contribution in [2.24, 2.45) is 12.1 Å². The molecule has 11 heteroatoms. The summed E-state index contributed by atoms with van der Waals surface area (Å²) in [6.45, 7) is 3.67. The van der Waals surface area contributed by atoms with Gasteiger partial charge in [-0.3, -0.25) is 24.9 Å². The smallest absolute Gasteiger partial charge is 0.270 e. The zero-order valence-corrected chi connectivity index (χ0v) is 17.3. The van der Waals surface area contributed by atoms with Gasteiger partial charge in [0.2, 0.25) is 0 Å². The molecule has 1 aromatic heterocycles. The summed E-state index contributed by atoms with van der Waals surface area (Å²) in [6.07, 6.45) is 4.77. The van der Waals surface area contributed by atoms with Gasteiger partial charge in [0.25, 0.3) is 15.7 Å². The molecule has 0 fully saturated rings. The van der Waals surface area contributed by atoms with E-state index in [1.165, 1.54) is 18.3 Å². The SMILES string of the molecule is Cc1ccc(NS(=O)(=O)c2cc([N+](=O)[O-])ccc2N/N=C/c2cnn(C)c2)c(C)c1. The third-order valence-corrected chi connectivity index (χ3v) is 5.62. The maximum Gasteiger partial charge on any atom is 0.270 e. The summed E-state index contributed by atoms with van der Waals surface area (Å²) in [4.78, 5) is 10.2. The predicted octanol–water partition coefficient (Wildman–Crippen LogP) is 3.19. The van der Waals surface area contributed by atoms with Crippen LogP contribution in [0.2, 0.25) is 0 Å². The average Bonchev–Trinajstić information content (AvgIpc) is 3.09. The Morgan fingerprint density at radius 3 is 2.53 bits per heavy atom. The molecule has 0 spiro atoms. The fraction of sp³-hybridized carbons (Fsp3) is 0.158. The summed E-state index contributed by atoms with van der Waals surface area (Å²) >= 11 is 0. The van der Waals surface area contributed by atoms with E-state index in [4.69, 9.17) is 0 Å². The van der Waals surface area contributed by atoms with E-state index in [2.05, 4.69) is 20.3 Å². The van der Waals surface area contributed by atoms with Crippen LogP contribution in [0.3, 0.4) is 0 Å². The number of sulfonamides is 1. The maximum atomic E-state index is 13.0. The minimum absolute atomic E-state index is 0.0954. The number of nitro groups is 1. The van der Waals surface area contributed by atoms with Gasteiger partial charge >= 0.3 is 0 Å². The third kappa shape index (κ3) is 4.81. The molecule has 0 unspecified atom stereocenters. The third-order valence-electron chi connectivity index (χ3n) is 4.22. The number of nitrogens with zero attached hydrogens (tertiary/aromatic N) is 4. The molecule has 156 valence electrons. The van der Waals surface area contributed by atoms with Crippen LogP contribution in [0.1, 0.15) is 16.7 Å². The van der Waals surface area contributed by atoms with E-state index >= 15 is 0 Å². The molecule has 0 aliphatic heterocycles. The molecule has 2 N–H and O–H groups in total. The van der Waals surface area contributed by atoms with E-state index in [1.807, 2.05) is 13.0 Å². The fourth-order valence-corrected chi connectivity index (χ4v) is 4.06. The number of anilines is 2. The zero-order chi connectivity index (χ0) is 21.9. The number of benzene rings is 2. The molecule has 1 heterocycles. The number of hydrazone groups is 1. The van der Waals surface area contributed by atoms with Crippen molar-refractivity contribution in [3.05, 3.63) is 75.6 Å². The second-order valence-electron chi connectivity index (χ2n) is 6.68. The maximum absolute atomic E-state index is 13.0. The van der Waals surface area contributed by atoms with Crippen LogP contribution in [0, 0.1) is 24.0 Å². The second-order valence-corrected chi connectivity index (χ2v) is 8.33. The first-order chi connectivity index (χ1) is 14.2. The number of nitro benzene ring substituents is 1. The van der Waals surface area contributed by atoms with Crippen molar-refractivity contribution in [3.63, 3.8) is 0 Å². The highest BCUT2D eigenvalue weighted by Crippen LogP contribution is 2.29. The van der Waals surface area contributed by atoms with Gasteiger partial charge in [-0.1, -0.05) is 17.7 Å². The number of rotatable bonds is 7. The van der Waals surface area contributed by atoms with E-state index in [0.29, 0.717) is 11.3 Å². The monoisotopic (exact) mass is 428 g/mol. The van der Waals surface area contributed by atoms with Crippen LogP contribution in [-0.4, -0.2) is 29.3 Å². The molecular weight excluding hydrogens is 408 g/mol. The molecule has 2 aromatic carbocycles. The number of hydrogen-bond acceptors (Lipinski definition) is 7. The molecule has 0 atom stereocenters. The molecule has 0 aliphatic carbocycles. The largest absolute Gasteiger partial charge is 0.279 e. The summed E-state index contributed by atoms with van der Waals surface area (Å²) in [5, 5.41) is 19.2. The lowest BCUT2D eigenvalue weighted by Crippen LogP contribution is -2.15. The molecule has 3 rings (SSSR count). The molecular formula is C19H20N6O4S. The van der Waals surface area contributed by atoms with E-state index in [-0.39, 0.29) is 16.3 Å². The molecule has 0 amide bonds. The molecule has 10 nitrogen and oxygen atoms in total. The first kappa shape index (κ1) is 21.0. The molecule has 30 heavy (non-hydrogen) atoms. The van der Waals surface area contributed by atoms with Gasteiger partial charge in [-0.2, -0.15) is 10.2 Å². The van der Waals surface area contributed by atoms with Crippen LogP contribution in [0.15, 0.2) is 58.8 Å². The highest BCUT2D eigenvalue weighted by Gasteiger charge is 2.23. The van der Waals surface area contributed by atoms with Gasteiger partial charge in [0.1, 0.15) is 4.90 Å². The summed E-state index contributed by atoms with van der Waals surface area (Å²) in [5.41, 5.74) is 5.19. The van der Waals surface area contributed by atoms with Gasteiger partial charge in [0, 0.05) is 30.9 Å². The first-order valence-electron chi connectivity index (χ1n) is 8.82. The number of aromatic nitrogens is 2. The van der Waals surface area contributed by atoms with Gasteiger partial charge in [-0.25, -0.2) is 8.42 Å². The van der Waals surface area contributed by atoms with Crippen molar-refractivity contribution < 1.29 is 13.3 Å². The standard InChI is InChI=1S/C19H20N6O4S/c1-13-4-6-17(14(2)8-13)23-30(28,29)19-9-16(25(26)27)5-7-18(19)22-20-10-15-11-21-24(3)12-15/h4-12,22-23H,1-3H3/b20-10+. The quantitative estimate of drug-likeness (QED) is 0.337. The summed E-state index contributed by atoms with van der Waals surface area (Å²) in [7, 11) is -2.38. The van der Waals surface area contributed by atoms with Crippen molar-refractivity contribution in [2.75, 3.05) is 10.1 Å². The van der Waals surface area contributed by atoms with Gasteiger partial charge in [0.15, 0.2) is 0 Å². The van der Waals surface area contributed by atoms with Crippen LogP contribution < -0.4 is 10.1 Å². The molecule has 0 radical (unpaired) electrons. The Morgan fingerprint density at radius 1 is 1.17 bits per heavy atom. The van der Waals surface area contributed by atoms with E-state index < -0.39 is 14.9 Å². The van der Waals surface area contributed by atoms with Crippen molar-refractivity contribution >= 4 is 33.3 Å². The van der Waals surface area contributed by atoms with Crippen LogP contribution in [-0.2, 0) is 17.1 Å². The Morgan fingerprint density at radius 2 is 1.90 bits per heavy atom. The Hall–Kier alpha value is -3.73. The van der Waals surface area contributed by atoms with E-state index in [9.17, 15) is 18.5 Å². The Balaban J connectivity index is 1.96. The highest BCUT2D eigenvalue weighted by molar-refractivity contribution is 7.92. The minimum Gasteiger partial charge on any atom is -0.279 e. The van der Waals surface area contributed by atoms with Crippen molar-refractivity contribution in [1.29, 1.82) is 0 Å². The highest BCUT2D eigenvalue weighted by atomic mass is 32.2. The molecule has 0 aliphatic rings. The Bertz CT molecular complexity index is 1230. The molecule has 0 saturated carbocycles. The zero-order valence-electron chi connectivity index (χ0n) is 16.5. The van der Waals surface area contributed by atoms with Gasteiger partial charge in [-0.05, 0) is 31.5 Å². The number of non-ortho nitro benzene ring substituents is 1. The van der Waals surface area contributed by atoms with Crippen LogP contribution >= 0.6 is 0 Å². The van der Waals surface area contributed by atoms with E-state index in [1.54, 1.807) is 43.2 Å². The van der Waals surface area contributed by atoms with Gasteiger partial charge in [0.05, 0.1) is 28.7 Å². The summed E-state index contributed by atoms with van der Waals surface area (Å²) in [5.74, 6) is 0. The number of nitrogens with one attached hydrogen (secondary N) is 2. The van der Waals surface area contributed by atoms with Crippen molar-refractivity contribution in [3.8, 4) is 0 Å². The lowest BCUT2D eigenvalue weighted by molar-refractivity contribution is -0.385. The van der Waals surface area contributed by atoms with E-state index in [0.717, 1.165) is 17.2 Å². The van der Waals surface area contributed by atoms with Crippen LogP contribution in [0.25, 0.3) is 0 Å². The summed E-state index contributed by atoms with van der Waals surface area (Å²) in [6, 6.07) is 8.76. The molecule has 3 aromatic rings. The minimum atomic E-state index is -4.13. The predicted molar refractivity (Wildman–Crippen MR) is 114 cm³/mol. The Labute approximate surface area is 173 Å². The topological polar surface area (TPSA) is 132 Å². The fourth-order valence-electron chi connectivity index (χ4n) is 2.75. The van der Waals surface area contributed by atoms with Crippen molar-refractivity contribution in [1.82, 2.24) is 9.78 Å². The van der Waals surface area contributed by atoms with Crippen LogP contribution in [0.4, 0.5) is 17.1 Å². The lowest BCUT2D eigenvalue weighted by Gasteiger charge is -2.14. The van der Waals surface area contributed by atoms with Crippen molar-refractivity contribution in [2.45, 2.75) is 18.7 Å². The normalized spacial score (nSPS) is 11.6. The Kier molecular flexibility index (Phi) is 5.83. The van der Waals surface area contributed by atoms with Crippen LogP contribution in [0.5, 0.6) is 0 Å². The van der Waals surface area contributed by atoms with Gasteiger partial charge < -0.3 is 0 Å². The first-order valence-corrected chi connectivity index (χ1v) is 10.3. The average molecular weight is 428 g/mol. The lowest BCUT2D eigenvalue weighted by atomic mass is 10.1. The second kappa shape index (κ2) is 8.33.